The van der Waals surface area contributed by atoms with E-state index in [2.05, 4.69) is 0 Å². The number of nitrogens with zero attached hydrogens (tertiary/aromatic N) is 1. The van der Waals surface area contributed by atoms with E-state index in [1.54, 1.807) is 29.2 Å². The summed E-state index contributed by atoms with van der Waals surface area (Å²) in [7, 11) is -4.51. The number of halogens is 1. The van der Waals surface area contributed by atoms with E-state index in [1.807, 2.05) is 17.5 Å². The van der Waals surface area contributed by atoms with Crippen LogP contribution >= 0.6 is 30.5 Å². The van der Waals surface area contributed by atoms with Crippen LogP contribution in [0.1, 0.15) is 21.2 Å². The van der Waals surface area contributed by atoms with Gasteiger partial charge in [-0.25, -0.2) is 0 Å². The van der Waals surface area contributed by atoms with Crippen molar-refractivity contribution >= 4 is 58.2 Å². The minimum absolute atomic E-state index is 0.0638. The van der Waals surface area contributed by atoms with Crippen LogP contribution in [0.25, 0.3) is 10.8 Å². The number of hydrogen-bond donors (Lipinski definition) is 2. The van der Waals surface area contributed by atoms with Crippen molar-refractivity contribution in [3.8, 4) is 0 Å². The number of carbonyl (C=O) groups excluding carboxylic acids is 1. The molecule has 3 aromatic rings. The first-order chi connectivity index (χ1) is 12.4. The Balaban J connectivity index is 1.99. The summed E-state index contributed by atoms with van der Waals surface area (Å²) >= 11 is 7.51. The highest BCUT2D eigenvalue weighted by molar-refractivity contribution is 7.60. The van der Waals surface area contributed by atoms with Crippen LogP contribution in [0.2, 0.25) is 0 Å². The third-order valence-electron chi connectivity index (χ3n) is 4.62. The second-order valence-corrected chi connectivity index (χ2v) is 8.99. The fourth-order valence-electron chi connectivity index (χ4n) is 3.52. The van der Waals surface area contributed by atoms with Crippen LogP contribution in [0.15, 0.2) is 47.8 Å². The molecule has 0 spiro atoms. The van der Waals surface area contributed by atoms with E-state index >= 15 is 0 Å². The summed E-state index contributed by atoms with van der Waals surface area (Å²) in [6.07, 6.45) is 0. The third kappa shape index (κ3) is 2.79. The lowest BCUT2D eigenvalue weighted by Crippen LogP contribution is -2.29. The van der Waals surface area contributed by atoms with Gasteiger partial charge in [-0.05, 0) is 33.8 Å². The molecule has 1 aliphatic rings. The number of benzene rings is 2. The highest BCUT2D eigenvalue weighted by Gasteiger charge is 2.36. The molecule has 26 heavy (non-hydrogen) atoms. The Hall–Kier alpha value is -1.69. The molecule has 1 atom stereocenters. The van der Waals surface area contributed by atoms with E-state index in [-0.39, 0.29) is 17.1 Å². The van der Waals surface area contributed by atoms with Gasteiger partial charge in [-0.2, -0.15) is 0 Å². The van der Waals surface area contributed by atoms with Gasteiger partial charge in [0, 0.05) is 24.0 Å². The number of anilines is 1. The van der Waals surface area contributed by atoms with Gasteiger partial charge >= 0.3 is 7.60 Å². The summed E-state index contributed by atoms with van der Waals surface area (Å²) in [5.74, 6) is 0.0487. The van der Waals surface area contributed by atoms with Crippen molar-refractivity contribution in [3.63, 3.8) is 0 Å². The van der Waals surface area contributed by atoms with Gasteiger partial charge in [-0.3, -0.25) is 9.36 Å². The molecule has 0 saturated carbocycles. The van der Waals surface area contributed by atoms with Crippen molar-refractivity contribution in [2.45, 2.75) is 5.92 Å². The molecule has 8 heteroatoms. The summed E-state index contributed by atoms with van der Waals surface area (Å²) < 4.78 is 12.1. The lowest BCUT2D eigenvalue weighted by atomic mass is 9.96. The number of hydrogen-bond acceptors (Lipinski definition) is 3. The average molecular weight is 408 g/mol. The Kier molecular flexibility index (Phi) is 4.41. The number of alkyl halides is 1. The molecule has 0 fully saturated rings. The second-order valence-electron chi connectivity index (χ2n) is 6.16. The Bertz CT molecular complexity index is 1050. The van der Waals surface area contributed by atoms with Crippen molar-refractivity contribution in [1.82, 2.24) is 0 Å². The number of fused-ring (bicyclic) bond motifs is 3. The first kappa shape index (κ1) is 17.7. The van der Waals surface area contributed by atoms with Crippen molar-refractivity contribution in [2.24, 2.45) is 0 Å². The molecule has 0 saturated heterocycles. The normalized spacial score (nSPS) is 16.9. The van der Waals surface area contributed by atoms with E-state index in [0.29, 0.717) is 28.4 Å². The molecular formula is C18H15ClNO4PS. The molecule has 5 nitrogen and oxygen atoms in total. The Labute approximate surface area is 159 Å². The average Bonchev–Trinajstić information content (AvgIpc) is 3.27. The molecule has 0 radical (unpaired) electrons. The smallest absolute Gasteiger partial charge is 0.321 e. The number of thiophene rings is 1. The number of rotatable bonds is 3. The molecular weight excluding hydrogens is 393 g/mol. The predicted molar refractivity (Wildman–Crippen MR) is 105 cm³/mol. The van der Waals surface area contributed by atoms with E-state index in [4.69, 9.17) is 11.6 Å². The van der Waals surface area contributed by atoms with Crippen LogP contribution in [0.3, 0.4) is 0 Å². The topological polar surface area (TPSA) is 77.8 Å². The van der Waals surface area contributed by atoms with Crippen LogP contribution < -0.4 is 10.2 Å². The molecule has 1 aromatic heterocycles. The van der Waals surface area contributed by atoms with Crippen LogP contribution in [0.5, 0.6) is 0 Å². The maximum atomic E-state index is 12.9. The van der Waals surface area contributed by atoms with E-state index < -0.39 is 7.60 Å². The zero-order valence-electron chi connectivity index (χ0n) is 13.5. The lowest BCUT2D eigenvalue weighted by Gasteiger charge is -2.19. The zero-order valence-corrected chi connectivity index (χ0v) is 16.0. The van der Waals surface area contributed by atoms with Crippen molar-refractivity contribution in [1.29, 1.82) is 0 Å². The van der Waals surface area contributed by atoms with Gasteiger partial charge in [0.15, 0.2) is 0 Å². The van der Waals surface area contributed by atoms with Gasteiger partial charge in [-0.15, -0.1) is 22.9 Å². The van der Waals surface area contributed by atoms with Crippen LogP contribution in [-0.4, -0.2) is 28.1 Å². The quantitative estimate of drug-likeness (QED) is 0.513. The van der Waals surface area contributed by atoms with Gasteiger partial charge in [-0.1, -0.05) is 30.3 Å². The Morgan fingerprint density at radius 1 is 1.23 bits per heavy atom. The molecule has 134 valence electrons. The Morgan fingerprint density at radius 2 is 1.96 bits per heavy atom. The van der Waals surface area contributed by atoms with E-state index in [0.717, 1.165) is 10.9 Å². The van der Waals surface area contributed by atoms with Gasteiger partial charge < -0.3 is 14.7 Å². The van der Waals surface area contributed by atoms with Crippen molar-refractivity contribution in [3.05, 3.63) is 58.3 Å². The molecule has 0 unspecified atom stereocenters. The summed E-state index contributed by atoms with van der Waals surface area (Å²) in [6, 6.07) is 12.1. The highest BCUT2D eigenvalue weighted by Crippen LogP contribution is 2.46. The monoisotopic (exact) mass is 407 g/mol. The molecule has 0 bridgehead atoms. The van der Waals surface area contributed by atoms with Crippen molar-refractivity contribution in [2.75, 3.05) is 17.3 Å². The fraction of sp³-hybridized carbons (Fsp3) is 0.167. The second kappa shape index (κ2) is 6.48. The van der Waals surface area contributed by atoms with Gasteiger partial charge in [0.05, 0.1) is 10.2 Å². The SMILES string of the molecule is O=C(c1cccs1)N1C[C@@H](CCl)c2c1cc(P(=O)(O)O)c1ccccc21. The molecule has 4 rings (SSSR count). The van der Waals surface area contributed by atoms with Crippen LogP contribution in [0.4, 0.5) is 5.69 Å². The highest BCUT2D eigenvalue weighted by atomic mass is 35.5. The number of carbonyl (C=O) groups is 1. The summed E-state index contributed by atoms with van der Waals surface area (Å²) in [6.45, 7) is 0.393. The molecule has 2 aromatic carbocycles. The fourth-order valence-corrected chi connectivity index (χ4v) is 5.24. The van der Waals surface area contributed by atoms with Crippen LogP contribution in [-0.2, 0) is 4.57 Å². The first-order valence-corrected chi connectivity index (χ1v) is 11.0. The third-order valence-corrected chi connectivity index (χ3v) is 6.85. The molecule has 1 aliphatic heterocycles. The minimum Gasteiger partial charge on any atom is -0.321 e. The van der Waals surface area contributed by atoms with Gasteiger partial charge in [0.1, 0.15) is 0 Å². The molecule has 1 amide bonds. The maximum absolute atomic E-state index is 12.9. The standard InChI is InChI=1S/C18H15ClNO4PS/c19-9-11-10-20(18(21)16-6-3-7-26-16)14-8-15(25(22,23)24)12-4-1-2-5-13(12)17(11)14/h1-8,11H,9-10H2,(H2,22,23,24)/t11-/m1/s1. The summed E-state index contributed by atoms with van der Waals surface area (Å²) in [5.41, 5.74) is 1.41. The summed E-state index contributed by atoms with van der Waals surface area (Å²) in [4.78, 5) is 34.8. The van der Waals surface area contributed by atoms with Gasteiger partial charge in [0.25, 0.3) is 5.91 Å². The number of amides is 1. The summed E-state index contributed by atoms with van der Waals surface area (Å²) in [5, 5.41) is 2.99. The zero-order chi connectivity index (χ0) is 18.5. The Morgan fingerprint density at radius 3 is 2.58 bits per heavy atom. The molecule has 0 aliphatic carbocycles. The minimum atomic E-state index is -4.51. The largest absolute Gasteiger partial charge is 0.356 e. The predicted octanol–water partition coefficient (Wildman–Crippen LogP) is 3.69. The molecule has 2 heterocycles. The lowest BCUT2D eigenvalue weighted by molar-refractivity contribution is 0.0992. The van der Waals surface area contributed by atoms with Gasteiger partial charge in [0.2, 0.25) is 0 Å². The first-order valence-electron chi connectivity index (χ1n) is 7.95. The molecule has 2 N–H and O–H groups in total. The van der Waals surface area contributed by atoms with E-state index in [9.17, 15) is 19.1 Å². The maximum Gasteiger partial charge on any atom is 0.356 e. The van der Waals surface area contributed by atoms with Crippen LogP contribution in [0, 0.1) is 0 Å². The van der Waals surface area contributed by atoms with Crippen molar-refractivity contribution < 1.29 is 19.1 Å². The van der Waals surface area contributed by atoms with E-state index in [1.165, 1.54) is 17.4 Å².